The number of aromatic nitrogens is 2. The molecule has 1 fully saturated rings. The van der Waals surface area contributed by atoms with E-state index in [0.717, 1.165) is 50.7 Å². The Bertz CT molecular complexity index is 1160. The van der Waals surface area contributed by atoms with Crippen LogP contribution in [0.3, 0.4) is 0 Å². The molecular formula is C30H32N4O. The van der Waals surface area contributed by atoms with Gasteiger partial charge in [-0.2, -0.15) is 0 Å². The first-order valence-electron chi connectivity index (χ1n) is 12.4. The average molecular weight is 465 g/mol. The van der Waals surface area contributed by atoms with Gasteiger partial charge in [-0.25, -0.2) is 4.98 Å². The van der Waals surface area contributed by atoms with Crippen molar-refractivity contribution < 1.29 is 4.79 Å². The zero-order valence-corrected chi connectivity index (χ0v) is 20.0. The maximum absolute atomic E-state index is 13.3. The first kappa shape index (κ1) is 23.1. The van der Waals surface area contributed by atoms with Crippen molar-refractivity contribution in [3.05, 3.63) is 115 Å². The zero-order valence-electron chi connectivity index (χ0n) is 20.0. The lowest BCUT2D eigenvalue weighted by Gasteiger charge is -2.35. The second-order valence-corrected chi connectivity index (χ2v) is 9.11. The highest BCUT2D eigenvalue weighted by Crippen LogP contribution is 2.28. The largest absolute Gasteiger partial charge is 0.340 e. The van der Waals surface area contributed by atoms with Crippen LogP contribution in [-0.4, -0.2) is 58.0 Å². The van der Waals surface area contributed by atoms with E-state index >= 15 is 0 Å². The molecule has 0 saturated carbocycles. The van der Waals surface area contributed by atoms with Gasteiger partial charge >= 0.3 is 0 Å². The van der Waals surface area contributed by atoms with Crippen molar-refractivity contribution >= 4 is 5.91 Å². The fourth-order valence-corrected chi connectivity index (χ4v) is 4.91. The maximum Gasteiger partial charge on any atom is 0.223 e. The molecule has 0 N–H and O–H groups in total. The molecule has 0 spiro atoms. The van der Waals surface area contributed by atoms with Crippen molar-refractivity contribution in [2.75, 3.05) is 32.7 Å². The molecule has 1 amide bonds. The van der Waals surface area contributed by atoms with Gasteiger partial charge in [0.05, 0.1) is 0 Å². The molecule has 0 unspecified atom stereocenters. The van der Waals surface area contributed by atoms with Crippen LogP contribution in [0.15, 0.2) is 103 Å². The van der Waals surface area contributed by atoms with Crippen LogP contribution in [0.4, 0.5) is 0 Å². The van der Waals surface area contributed by atoms with Crippen molar-refractivity contribution in [2.45, 2.75) is 18.9 Å². The summed E-state index contributed by atoms with van der Waals surface area (Å²) in [6, 6.07) is 31.1. The number of amides is 1. The van der Waals surface area contributed by atoms with E-state index in [1.807, 2.05) is 41.4 Å². The van der Waals surface area contributed by atoms with E-state index in [4.69, 9.17) is 0 Å². The third-order valence-corrected chi connectivity index (χ3v) is 6.91. The van der Waals surface area contributed by atoms with Gasteiger partial charge in [0.15, 0.2) is 0 Å². The molecule has 1 aromatic heterocycles. The van der Waals surface area contributed by atoms with Gasteiger partial charge in [-0.3, -0.25) is 9.69 Å². The summed E-state index contributed by atoms with van der Waals surface area (Å²) in [5.41, 5.74) is 3.53. The monoisotopic (exact) mass is 464 g/mol. The van der Waals surface area contributed by atoms with E-state index in [0.29, 0.717) is 6.42 Å². The van der Waals surface area contributed by atoms with Crippen molar-refractivity contribution in [1.29, 1.82) is 0 Å². The van der Waals surface area contributed by atoms with E-state index in [1.165, 1.54) is 11.1 Å². The third-order valence-electron chi connectivity index (χ3n) is 6.91. The topological polar surface area (TPSA) is 41.4 Å². The van der Waals surface area contributed by atoms with Crippen LogP contribution < -0.4 is 0 Å². The number of imidazole rings is 1. The van der Waals surface area contributed by atoms with Gasteiger partial charge in [0.2, 0.25) is 5.91 Å². The maximum atomic E-state index is 13.3. The lowest BCUT2D eigenvalue weighted by atomic mass is 9.88. The smallest absolute Gasteiger partial charge is 0.223 e. The molecule has 1 aliphatic rings. The Morgan fingerprint density at radius 3 is 1.91 bits per heavy atom. The van der Waals surface area contributed by atoms with Gasteiger partial charge in [-0.1, -0.05) is 91.0 Å². The molecule has 5 nitrogen and oxygen atoms in total. The molecular weight excluding hydrogens is 432 g/mol. The van der Waals surface area contributed by atoms with Crippen LogP contribution in [0.5, 0.6) is 0 Å². The summed E-state index contributed by atoms with van der Waals surface area (Å²) in [6.45, 7) is 5.22. The molecule has 5 rings (SSSR count). The van der Waals surface area contributed by atoms with Crippen LogP contribution in [0.1, 0.15) is 23.5 Å². The summed E-state index contributed by atoms with van der Waals surface area (Å²) in [7, 11) is 0. The number of hydrogen-bond donors (Lipinski definition) is 0. The van der Waals surface area contributed by atoms with Crippen molar-refractivity contribution in [1.82, 2.24) is 19.4 Å². The summed E-state index contributed by atoms with van der Waals surface area (Å²) >= 11 is 0. The molecule has 4 aromatic rings. The molecule has 35 heavy (non-hydrogen) atoms. The normalized spacial score (nSPS) is 14.4. The molecule has 178 valence electrons. The van der Waals surface area contributed by atoms with Crippen LogP contribution >= 0.6 is 0 Å². The minimum Gasteiger partial charge on any atom is -0.340 e. The Labute approximate surface area is 207 Å². The van der Waals surface area contributed by atoms with Crippen molar-refractivity contribution in [3.8, 4) is 11.4 Å². The molecule has 0 bridgehead atoms. The first-order valence-corrected chi connectivity index (χ1v) is 12.4. The zero-order chi connectivity index (χ0) is 23.9. The van der Waals surface area contributed by atoms with Gasteiger partial charge in [0.1, 0.15) is 5.82 Å². The minimum absolute atomic E-state index is 0.0839. The molecule has 5 heteroatoms. The van der Waals surface area contributed by atoms with Gasteiger partial charge in [-0.05, 0) is 11.1 Å². The van der Waals surface area contributed by atoms with Crippen LogP contribution in [0, 0.1) is 0 Å². The van der Waals surface area contributed by atoms with Crippen molar-refractivity contribution in [2.24, 2.45) is 0 Å². The Morgan fingerprint density at radius 2 is 1.31 bits per heavy atom. The lowest BCUT2D eigenvalue weighted by molar-refractivity contribution is -0.133. The lowest BCUT2D eigenvalue weighted by Crippen LogP contribution is -2.49. The second-order valence-electron chi connectivity index (χ2n) is 9.11. The standard InChI is InChI=1S/C30H32N4O/c35-29(24-28(25-10-4-1-5-11-25)26-12-6-2-7-13-26)33-21-18-32(19-22-33)20-23-34-17-16-31-30(34)27-14-8-3-9-15-27/h1-17,28H,18-24H2. The van der Waals surface area contributed by atoms with Gasteiger partial charge < -0.3 is 9.47 Å². The number of piperazine rings is 1. The number of nitrogens with zero attached hydrogens (tertiary/aromatic N) is 4. The predicted octanol–water partition coefficient (Wildman–Crippen LogP) is 4.92. The van der Waals surface area contributed by atoms with Crippen LogP contribution in [-0.2, 0) is 11.3 Å². The Balaban J connectivity index is 1.16. The number of hydrogen-bond acceptors (Lipinski definition) is 3. The fourth-order valence-electron chi connectivity index (χ4n) is 4.91. The Kier molecular flexibility index (Phi) is 7.35. The molecule has 0 radical (unpaired) electrons. The first-order chi connectivity index (χ1) is 17.3. The van der Waals surface area contributed by atoms with E-state index in [1.54, 1.807) is 0 Å². The molecule has 0 atom stereocenters. The van der Waals surface area contributed by atoms with Crippen LogP contribution in [0.2, 0.25) is 0 Å². The summed E-state index contributed by atoms with van der Waals surface area (Å²) in [5.74, 6) is 1.33. The Morgan fingerprint density at radius 1 is 0.743 bits per heavy atom. The van der Waals surface area contributed by atoms with E-state index in [9.17, 15) is 4.79 Å². The quantitative estimate of drug-likeness (QED) is 0.372. The number of carbonyl (C=O) groups is 1. The predicted molar refractivity (Wildman–Crippen MR) is 140 cm³/mol. The fraction of sp³-hybridized carbons (Fsp3) is 0.267. The van der Waals surface area contributed by atoms with Crippen LogP contribution in [0.25, 0.3) is 11.4 Å². The van der Waals surface area contributed by atoms with Gasteiger partial charge in [0.25, 0.3) is 0 Å². The summed E-state index contributed by atoms with van der Waals surface area (Å²) in [6.07, 6.45) is 4.42. The van der Waals surface area contributed by atoms with E-state index in [-0.39, 0.29) is 11.8 Å². The van der Waals surface area contributed by atoms with Crippen molar-refractivity contribution in [3.63, 3.8) is 0 Å². The highest BCUT2D eigenvalue weighted by Gasteiger charge is 2.25. The number of carbonyl (C=O) groups excluding carboxylic acids is 1. The SMILES string of the molecule is O=C(CC(c1ccccc1)c1ccccc1)N1CCN(CCn2ccnc2-c2ccccc2)CC1. The number of benzene rings is 3. The molecule has 3 aromatic carbocycles. The molecule has 1 aliphatic heterocycles. The second kappa shape index (κ2) is 11.2. The van der Waals surface area contributed by atoms with Gasteiger partial charge in [-0.15, -0.1) is 0 Å². The molecule has 2 heterocycles. The number of rotatable bonds is 8. The average Bonchev–Trinajstić information content (AvgIpc) is 3.41. The van der Waals surface area contributed by atoms with E-state index < -0.39 is 0 Å². The summed E-state index contributed by atoms with van der Waals surface area (Å²) < 4.78 is 2.22. The summed E-state index contributed by atoms with van der Waals surface area (Å²) in [5, 5.41) is 0. The Hall–Kier alpha value is -3.70. The molecule has 0 aliphatic carbocycles. The molecule has 1 saturated heterocycles. The summed E-state index contributed by atoms with van der Waals surface area (Å²) in [4.78, 5) is 22.3. The third kappa shape index (κ3) is 5.69. The van der Waals surface area contributed by atoms with E-state index in [2.05, 4.69) is 81.3 Å². The van der Waals surface area contributed by atoms with Gasteiger partial charge in [0, 0.05) is 69.6 Å². The highest BCUT2D eigenvalue weighted by molar-refractivity contribution is 5.78. The minimum atomic E-state index is 0.0839. The highest BCUT2D eigenvalue weighted by atomic mass is 16.2.